The molecule has 1 atom stereocenters. The zero-order chi connectivity index (χ0) is 10.8. The van der Waals surface area contributed by atoms with Crippen molar-refractivity contribution < 1.29 is 9.84 Å². The molecule has 1 aliphatic carbocycles. The summed E-state index contributed by atoms with van der Waals surface area (Å²) in [6.07, 6.45) is 2.45. The molecule has 0 spiro atoms. The van der Waals surface area contributed by atoms with Crippen LogP contribution in [0, 0.1) is 11.8 Å². The van der Waals surface area contributed by atoms with Gasteiger partial charge in [-0.05, 0) is 38.1 Å². The first-order valence-corrected chi connectivity index (χ1v) is 5.49. The van der Waals surface area contributed by atoms with Crippen LogP contribution in [-0.4, -0.2) is 30.0 Å². The maximum atomic E-state index is 9.93. The van der Waals surface area contributed by atoms with E-state index in [2.05, 4.69) is 0 Å². The van der Waals surface area contributed by atoms with Gasteiger partial charge in [0.15, 0.2) is 0 Å². The molecule has 0 aliphatic heterocycles. The van der Waals surface area contributed by atoms with Gasteiger partial charge in [0.25, 0.3) is 0 Å². The minimum absolute atomic E-state index is 0.230. The Labute approximate surface area is 86.6 Å². The lowest BCUT2D eigenvalue weighted by Crippen LogP contribution is -2.42. The quantitative estimate of drug-likeness (QED) is 0.701. The van der Waals surface area contributed by atoms with Gasteiger partial charge in [-0.2, -0.15) is 0 Å². The third-order valence-corrected chi connectivity index (χ3v) is 3.38. The molecule has 0 saturated heterocycles. The lowest BCUT2D eigenvalue weighted by atomic mass is 9.82. The fourth-order valence-corrected chi connectivity index (χ4v) is 1.46. The van der Waals surface area contributed by atoms with E-state index in [0.717, 1.165) is 19.4 Å². The molecule has 0 aromatic rings. The first-order chi connectivity index (χ1) is 6.45. The first-order valence-electron chi connectivity index (χ1n) is 5.49. The normalized spacial score (nSPS) is 31.3. The number of hydrogen-bond acceptors (Lipinski definition) is 3. The summed E-state index contributed by atoms with van der Waals surface area (Å²) in [7, 11) is 0. The molecule has 3 nitrogen and oxygen atoms in total. The van der Waals surface area contributed by atoms with Crippen LogP contribution in [-0.2, 0) is 4.74 Å². The number of rotatable bonds is 5. The SMILES string of the molecule is CC(C)C(C)(O)COC1CC(CN)C1. The Morgan fingerprint density at radius 3 is 2.50 bits per heavy atom. The second-order valence-electron chi connectivity index (χ2n) is 5.02. The highest BCUT2D eigenvalue weighted by Crippen LogP contribution is 2.30. The number of hydrogen-bond donors (Lipinski definition) is 2. The topological polar surface area (TPSA) is 55.5 Å². The minimum Gasteiger partial charge on any atom is -0.388 e. The maximum absolute atomic E-state index is 9.93. The van der Waals surface area contributed by atoms with Crippen molar-refractivity contribution in [1.82, 2.24) is 0 Å². The molecule has 0 aromatic heterocycles. The molecule has 1 rings (SSSR count). The van der Waals surface area contributed by atoms with Gasteiger partial charge in [-0.1, -0.05) is 13.8 Å². The van der Waals surface area contributed by atoms with Gasteiger partial charge in [0.2, 0.25) is 0 Å². The highest BCUT2D eigenvalue weighted by atomic mass is 16.5. The molecular weight excluding hydrogens is 178 g/mol. The Morgan fingerprint density at radius 1 is 1.50 bits per heavy atom. The second-order valence-corrected chi connectivity index (χ2v) is 5.02. The standard InChI is InChI=1S/C11H23NO2/c1-8(2)11(3,13)7-14-10-4-9(5-10)6-12/h8-10,13H,4-7,12H2,1-3H3. The summed E-state index contributed by atoms with van der Waals surface area (Å²) >= 11 is 0. The summed E-state index contributed by atoms with van der Waals surface area (Å²) in [4.78, 5) is 0. The van der Waals surface area contributed by atoms with E-state index in [0.29, 0.717) is 18.6 Å². The van der Waals surface area contributed by atoms with Crippen LogP contribution in [0.2, 0.25) is 0 Å². The Bertz CT molecular complexity index is 174. The molecule has 1 unspecified atom stereocenters. The van der Waals surface area contributed by atoms with Crippen molar-refractivity contribution in [2.75, 3.05) is 13.2 Å². The van der Waals surface area contributed by atoms with E-state index in [4.69, 9.17) is 10.5 Å². The molecule has 0 aromatic carbocycles. The van der Waals surface area contributed by atoms with Crippen molar-refractivity contribution in [2.45, 2.75) is 45.3 Å². The van der Waals surface area contributed by atoms with Gasteiger partial charge in [0.1, 0.15) is 0 Å². The number of aliphatic hydroxyl groups is 1. The molecule has 1 aliphatic rings. The third-order valence-electron chi connectivity index (χ3n) is 3.38. The van der Waals surface area contributed by atoms with Gasteiger partial charge in [-0.15, -0.1) is 0 Å². The predicted octanol–water partition coefficient (Wildman–Crippen LogP) is 1.15. The highest BCUT2D eigenvalue weighted by molar-refractivity contribution is 4.83. The van der Waals surface area contributed by atoms with Gasteiger partial charge < -0.3 is 15.6 Å². The fraction of sp³-hybridized carbons (Fsp3) is 1.00. The van der Waals surface area contributed by atoms with Crippen molar-refractivity contribution in [3.63, 3.8) is 0 Å². The van der Waals surface area contributed by atoms with Crippen LogP contribution in [0.25, 0.3) is 0 Å². The molecule has 3 heteroatoms. The summed E-state index contributed by atoms with van der Waals surface area (Å²) in [5.74, 6) is 0.872. The summed E-state index contributed by atoms with van der Waals surface area (Å²) in [5.41, 5.74) is 4.82. The molecule has 0 bridgehead atoms. The van der Waals surface area contributed by atoms with Gasteiger partial charge >= 0.3 is 0 Å². The molecule has 1 fully saturated rings. The van der Waals surface area contributed by atoms with Gasteiger partial charge in [-0.3, -0.25) is 0 Å². The van der Waals surface area contributed by atoms with Crippen molar-refractivity contribution in [2.24, 2.45) is 17.6 Å². The lowest BCUT2D eigenvalue weighted by Gasteiger charge is -2.37. The monoisotopic (exact) mass is 201 g/mol. The van der Waals surface area contributed by atoms with E-state index in [-0.39, 0.29) is 5.92 Å². The minimum atomic E-state index is -0.701. The summed E-state index contributed by atoms with van der Waals surface area (Å²) in [5, 5.41) is 9.93. The van der Waals surface area contributed by atoms with Gasteiger partial charge in [-0.25, -0.2) is 0 Å². The first kappa shape index (κ1) is 12.0. The summed E-state index contributed by atoms with van der Waals surface area (Å²) in [6.45, 7) is 7.05. The maximum Gasteiger partial charge on any atom is 0.0875 e. The average molecular weight is 201 g/mol. The van der Waals surface area contributed by atoms with Crippen LogP contribution in [0.4, 0.5) is 0 Å². The smallest absolute Gasteiger partial charge is 0.0875 e. The zero-order valence-electron chi connectivity index (χ0n) is 9.49. The van der Waals surface area contributed by atoms with Crippen LogP contribution >= 0.6 is 0 Å². The third kappa shape index (κ3) is 2.94. The molecule has 3 N–H and O–H groups in total. The predicted molar refractivity (Wildman–Crippen MR) is 57.0 cm³/mol. The largest absolute Gasteiger partial charge is 0.388 e. The van der Waals surface area contributed by atoms with Crippen molar-refractivity contribution >= 4 is 0 Å². The zero-order valence-corrected chi connectivity index (χ0v) is 9.49. The Kier molecular flexibility index (Phi) is 3.93. The Balaban J connectivity index is 2.16. The van der Waals surface area contributed by atoms with Gasteiger partial charge in [0, 0.05) is 0 Å². The van der Waals surface area contributed by atoms with Crippen LogP contribution < -0.4 is 5.73 Å². The van der Waals surface area contributed by atoms with E-state index in [9.17, 15) is 5.11 Å². The van der Waals surface area contributed by atoms with E-state index < -0.39 is 5.60 Å². The van der Waals surface area contributed by atoms with Crippen molar-refractivity contribution in [3.8, 4) is 0 Å². The lowest BCUT2D eigenvalue weighted by molar-refractivity contribution is -0.114. The molecule has 0 radical (unpaired) electrons. The van der Waals surface area contributed by atoms with E-state index >= 15 is 0 Å². The molecule has 0 heterocycles. The summed E-state index contributed by atoms with van der Waals surface area (Å²) < 4.78 is 5.63. The van der Waals surface area contributed by atoms with Crippen LogP contribution in [0.15, 0.2) is 0 Å². The number of nitrogens with two attached hydrogens (primary N) is 1. The van der Waals surface area contributed by atoms with Crippen molar-refractivity contribution in [3.05, 3.63) is 0 Å². The van der Waals surface area contributed by atoms with E-state index in [1.54, 1.807) is 0 Å². The molecule has 1 saturated carbocycles. The van der Waals surface area contributed by atoms with E-state index in [1.165, 1.54) is 0 Å². The fourth-order valence-electron chi connectivity index (χ4n) is 1.46. The van der Waals surface area contributed by atoms with Crippen LogP contribution in [0.1, 0.15) is 33.6 Å². The van der Waals surface area contributed by atoms with E-state index in [1.807, 2.05) is 20.8 Å². The Morgan fingerprint density at radius 2 is 2.07 bits per heavy atom. The molecular formula is C11H23NO2. The van der Waals surface area contributed by atoms with Crippen LogP contribution in [0.5, 0.6) is 0 Å². The molecule has 84 valence electrons. The average Bonchev–Trinajstić information content (AvgIpc) is 2.01. The second kappa shape index (κ2) is 4.60. The number of ether oxygens (including phenoxy) is 1. The highest BCUT2D eigenvalue weighted by Gasteiger charge is 2.32. The van der Waals surface area contributed by atoms with Crippen LogP contribution in [0.3, 0.4) is 0 Å². The Hall–Kier alpha value is -0.120. The molecule has 0 amide bonds. The van der Waals surface area contributed by atoms with Crippen molar-refractivity contribution in [1.29, 1.82) is 0 Å². The summed E-state index contributed by atoms with van der Waals surface area (Å²) in [6, 6.07) is 0. The molecule has 14 heavy (non-hydrogen) atoms. The van der Waals surface area contributed by atoms with Gasteiger partial charge in [0.05, 0.1) is 18.3 Å².